The van der Waals surface area contributed by atoms with Crippen molar-refractivity contribution in [3.63, 3.8) is 0 Å². The van der Waals surface area contributed by atoms with Crippen LogP contribution in [0.3, 0.4) is 0 Å². The molecule has 1 N–H and O–H groups in total. The summed E-state index contributed by atoms with van der Waals surface area (Å²) in [7, 11) is -3.62. The number of carbonyl (C=O) groups excluding carboxylic acids is 1. The molecule has 1 amide bonds. The van der Waals surface area contributed by atoms with Crippen LogP contribution in [0.25, 0.3) is 5.65 Å². The van der Waals surface area contributed by atoms with Gasteiger partial charge in [-0.15, -0.1) is 0 Å². The maximum atomic E-state index is 12.0. The van der Waals surface area contributed by atoms with E-state index in [9.17, 15) is 13.2 Å². The highest BCUT2D eigenvalue weighted by molar-refractivity contribution is 7.90. The molecule has 0 aliphatic heterocycles. The van der Waals surface area contributed by atoms with Crippen molar-refractivity contribution in [3.8, 4) is 0 Å². The number of hydrogen-bond acceptors (Lipinski definition) is 5. The first-order valence-electron chi connectivity index (χ1n) is 6.79. The Morgan fingerprint density at radius 2 is 2.10 bits per heavy atom. The van der Waals surface area contributed by atoms with Crippen molar-refractivity contribution in [2.24, 2.45) is 0 Å². The molecule has 0 bridgehead atoms. The predicted molar refractivity (Wildman–Crippen MR) is 78.1 cm³/mol. The molecule has 114 valence electrons. The zero-order valence-electron chi connectivity index (χ0n) is 12.0. The van der Waals surface area contributed by atoms with E-state index in [4.69, 9.17) is 0 Å². The van der Waals surface area contributed by atoms with Crippen molar-refractivity contribution in [1.82, 2.24) is 19.3 Å². The maximum absolute atomic E-state index is 12.0. The van der Waals surface area contributed by atoms with Crippen molar-refractivity contribution >= 4 is 21.6 Å². The average molecular weight is 310 g/mol. The minimum atomic E-state index is -3.62. The average Bonchev–Trinajstić information content (AvgIpc) is 2.86. The van der Waals surface area contributed by atoms with Crippen LogP contribution in [0.5, 0.6) is 0 Å². The van der Waals surface area contributed by atoms with Crippen LogP contribution in [0.15, 0.2) is 24.7 Å². The van der Waals surface area contributed by atoms with E-state index in [1.54, 1.807) is 38.5 Å². The molecule has 2 heterocycles. The van der Waals surface area contributed by atoms with Gasteiger partial charge in [-0.25, -0.2) is 17.9 Å². The highest BCUT2D eigenvalue weighted by Crippen LogP contribution is 2.09. The van der Waals surface area contributed by atoms with E-state index >= 15 is 0 Å². The molecule has 0 aliphatic carbocycles. The van der Waals surface area contributed by atoms with Crippen LogP contribution in [0.1, 0.15) is 32.3 Å². The van der Waals surface area contributed by atoms with E-state index < -0.39 is 21.2 Å². The van der Waals surface area contributed by atoms with E-state index in [2.05, 4.69) is 14.8 Å². The van der Waals surface area contributed by atoms with Crippen molar-refractivity contribution in [3.05, 3.63) is 30.2 Å². The molecule has 0 aromatic carbocycles. The molecule has 0 saturated carbocycles. The second-order valence-corrected chi connectivity index (χ2v) is 6.74. The lowest BCUT2D eigenvalue weighted by Crippen LogP contribution is -2.38. The lowest BCUT2D eigenvalue weighted by molar-refractivity contribution is -0.118. The van der Waals surface area contributed by atoms with Gasteiger partial charge in [-0.2, -0.15) is 5.10 Å². The Morgan fingerprint density at radius 3 is 2.76 bits per heavy atom. The lowest BCUT2D eigenvalue weighted by Gasteiger charge is -2.14. The van der Waals surface area contributed by atoms with Crippen molar-refractivity contribution in [2.75, 3.05) is 0 Å². The van der Waals surface area contributed by atoms with Crippen LogP contribution in [0, 0.1) is 0 Å². The highest BCUT2D eigenvalue weighted by Gasteiger charge is 2.24. The molecule has 0 fully saturated rings. The van der Waals surface area contributed by atoms with Gasteiger partial charge in [0.05, 0.1) is 17.9 Å². The summed E-state index contributed by atoms with van der Waals surface area (Å²) in [6.07, 6.45) is 5.69. The number of amides is 1. The molecule has 2 aromatic rings. The van der Waals surface area contributed by atoms with Gasteiger partial charge in [-0.1, -0.05) is 13.8 Å². The molecule has 0 aliphatic rings. The Labute approximate surface area is 123 Å². The van der Waals surface area contributed by atoms with Crippen molar-refractivity contribution in [2.45, 2.75) is 38.4 Å². The Bertz CT molecular complexity index is 735. The number of carbonyl (C=O) groups is 1. The number of aromatic nitrogens is 3. The number of sulfonamides is 1. The number of rotatable bonds is 6. The van der Waals surface area contributed by atoms with Crippen LogP contribution < -0.4 is 4.72 Å². The van der Waals surface area contributed by atoms with Crippen molar-refractivity contribution < 1.29 is 13.2 Å². The predicted octanol–water partition coefficient (Wildman–Crippen LogP) is 0.906. The van der Waals surface area contributed by atoms with Crippen LogP contribution in [-0.4, -0.2) is 34.2 Å². The van der Waals surface area contributed by atoms with Crippen LogP contribution >= 0.6 is 0 Å². The van der Waals surface area contributed by atoms with Gasteiger partial charge in [0.1, 0.15) is 0 Å². The smallest absolute Gasteiger partial charge is 0.237 e. The summed E-state index contributed by atoms with van der Waals surface area (Å²) in [6, 6.07) is 1.74. The molecule has 2 rings (SSSR count). The lowest BCUT2D eigenvalue weighted by atomic mass is 10.2. The third-order valence-corrected chi connectivity index (χ3v) is 5.33. The van der Waals surface area contributed by atoms with Crippen molar-refractivity contribution in [1.29, 1.82) is 0 Å². The van der Waals surface area contributed by atoms with Crippen LogP contribution in [0.4, 0.5) is 0 Å². The summed E-state index contributed by atoms with van der Waals surface area (Å²) in [5.74, 6) is -0.560. The number of fused-ring (bicyclic) bond motifs is 1. The van der Waals surface area contributed by atoms with E-state index in [1.807, 2.05) is 0 Å². The molecule has 0 spiro atoms. The normalized spacial score (nSPS) is 12.0. The van der Waals surface area contributed by atoms with E-state index in [0.29, 0.717) is 24.1 Å². The summed E-state index contributed by atoms with van der Waals surface area (Å²) in [5, 5.41) is 3.47. The third-order valence-electron chi connectivity index (χ3n) is 3.27. The number of nitrogens with one attached hydrogen (secondary N) is 1. The van der Waals surface area contributed by atoms with E-state index in [0.717, 1.165) is 0 Å². The summed E-state index contributed by atoms with van der Waals surface area (Å²) < 4.78 is 27.7. The Hall–Kier alpha value is -1.96. The minimum absolute atomic E-state index is 0.0534. The SMILES string of the molecule is CCC(CC)S(=O)(=O)NC(=O)Cc1cnc2ccnn2c1. The first-order chi connectivity index (χ1) is 9.96. The number of nitrogens with zero attached hydrogens (tertiary/aromatic N) is 3. The second-order valence-electron chi connectivity index (χ2n) is 4.78. The van der Waals surface area contributed by atoms with Gasteiger partial charge in [0.15, 0.2) is 5.65 Å². The molecule has 8 heteroatoms. The van der Waals surface area contributed by atoms with E-state index in [-0.39, 0.29) is 6.42 Å². The zero-order chi connectivity index (χ0) is 15.5. The third kappa shape index (κ3) is 3.57. The molecular weight excluding hydrogens is 292 g/mol. The maximum Gasteiger partial charge on any atom is 0.237 e. The van der Waals surface area contributed by atoms with Gasteiger partial charge in [-0.3, -0.25) is 9.52 Å². The van der Waals surface area contributed by atoms with Crippen LogP contribution in [0.2, 0.25) is 0 Å². The van der Waals surface area contributed by atoms with E-state index in [1.165, 1.54) is 4.52 Å². The van der Waals surface area contributed by atoms with Gasteiger partial charge >= 0.3 is 0 Å². The fourth-order valence-electron chi connectivity index (χ4n) is 2.13. The summed E-state index contributed by atoms with van der Waals surface area (Å²) in [5.41, 5.74) is 1.27. The molecule has 2 aromatic heterocycles. The molecule has 0 unspecified atom stereocenters. The van der Waals surface area contributed by atoms with Gasteiger partial charge in [0.2, 0.25) is 15.9 Å². The van der Waals surface area contributed by atoms with Gasteiger partial charge in [0, 0.05) is 18.5 Å². The zero-order valence-corrected chi connectivity index (χ0v) is 12.8. The van der Waals surface area contributed by atoms with Gasteiger partial charge in [0.25, 0.3) is 0 Å². The quantitative estimate of drug-likeness (QED) is 0.856. The molecule has 7 nitrogen and oxygen atoms in total. The largest absolute Gasteiger partial charge is 0.274 e. The number of hydrogen-bond donors (Lipinski definition) is 1. The fourth-order valence-corrected chi connectivity index (χ4v) is 3.56. The van der Waals surface area contributed by atoms with Gasteiger partial charge in [-0.05, 0) is 18.4 Å². The standard InChI is InChI=1S/C13H18N4O3S/c1-3-11(4-2)21(19,20)16-13(18)7-10-8-14-12-5-6-15-17(12)9-10/h5-6,8-9,11H,3-4,7H2,1-2H3,(H,16,18). The highest BCUT2D eigenvalue weighted by atomic mass is 32.2. The Balaban J connectivity index is 2.07. The Kier molecular flexibility index (Phi) is 4.56. The molecule has 21 heavy (non-hydrogen) atoms. The fraction of sp³-hybridized carbons (Fsp3) is 0.462. The second kappa shape index (κ2) is 6.21. The van der Waals surface area contributed by atoms with Crippen LogP contribution in [-0.2, 0) is 21.2 Å². The first-order valence-corrected chi connectivity index (χ1v) is 8.33. The topological polar surface area (TPSA) is 93.4 Å². The van der Waals surface area contributed by atoms with Gasteiger partial charge < -0.3 is 0 Å². The summed E-state index contributed by atoms with van der Waals surface area (Å²) in [6.45, 7) is 3.57. The summed E-state index contributed by atoms with van der Waals surface area (Å²) >= 11 is 0. The minimum Gasteiger partial charge on any atom is -0.274 e. The summed E-state index contributed by atoms with van der Waals surface area (Å²) in [4.78, 5) is 16.0. The molecule has 0 radical (unpaired) electrons. The Morgan fingerprint density at radius 1 is 1.38 bits per heavy atom. The monoisotopic (exact) mass is 310 g/mol. The molecule has 0 saturated heterocycles. The molecule has 0 atom stereocenters. The molecular formula is C13H18N4O3S. The first kappa shape index (κ1) is 15.4.